The van der Waals surface area contributed by atoms with Crippen LogP contribution in [0.4, 0.5) is 4.79 Å². The minimum Gasteiger partial charge on any atom is -0.308 e. The second-order valence-corrected chi connectivity index (χ2v) is 4.22. The van der Waals surface area contributed by atoms with E-state index in [0.717, 1.165) is 5.01 Å². The van der Waals surface area contributed by atoms with Crippen LogP contribution >= 0.6 is 11.8 Å². The first-order valence-corrected chi connectivity index (χ1v) is 4.93. The lowest BCUT2D eigenvalue weighted by molar-refractivity contribution is 0.140. The quantitative estimate of drug-likeness (QED) is 0.212. The zero-order valence-corrected chi connectivity index (χ0v) is 7.80. The molecular weight excluding hydrogens is 190 g/mol. The van der Waals surface area contributed by atoms with E-state index in [-0.39, 0.29) is 0 Å². The van der Waals surface area contributed by atoms with E-state index in [0.29, 0.717) is 11.5 Å². The van der Waals surface area contributed by atoms with Crippen molar-refractivity contribution in [2.75, 3.05) is 11.5 Å². The van der Waals surface area contributed by atoms with E-state index in [1.54, 1.807) is 11.8 Å². The molecular formula is C6H11N5OS. The maximum Gasteiger partial charge on any atom is 0.335 e. The topological polar surface area (TPSA) is 96.7 Å². The highest BCUT2D eigenvalue weighted by Gasteiger charge is 2.63. The SMILES string of the molecule is C=N[C@]12CSC[C@@]1(N)N(N)C(=O)N2. The predicted octanol–water partition coefficient (Wildman–Crippen LogP) is -1.32. The van der Waals surface area contributed by atoms with Crippen LogP contribution in [0.5, 0.6) is 0 Å². The van der Waals surface area contributed by atoms with E-state index in [1.807, 2.05) is 0 Å². The number of aliphatic imine (C=N–C) groups is 1. The van der Waals surface area contributed by atoms with Gasteiger partial charge in [0.15, 0.2) is 11.3 Å². The van der Waals surface area contributed by atoms with Gasteiger partial charge in [0.05, 0.1) is 0 Å². The van der Waals surface area contributed by atoms with Crippen LogP contribution in [0.2, 0.25) is 0 Å². The van der Waals surface area contributed by atoms with E-state index < -0.39 is 17.4 Å². The van der Waals surface area contributed by atoms with E-state index in [2.05, 4.69) is 17.0 Å². The fourth-order valence-electron chi connectivity index (χ4n) is 1.65. The second-order valence-electron chi connectivity index (χ2n) is 3.24. The van der Waals surface area contributed by atoms with Gasteiger partial charge in [0.1, 0.15) is 0 Å². The van der Waals surface area contributed by atoms with Crippen LogP contribution in [0.1, 0.15) is 0 Å². The van der Waals surface area contributed by atoms with Crippen molar-refractivity contribution in [3.05, 3.63) is 0 Å². The lowest BCUT2D eigenvalue weighted by Crippen LogP contribution is -2.67. The van der Waals surface area contributed by atoms with Gasteiger partial charge in [0.25, 0.3) is 0 Å². The number of hydrogen-bond donors (Lipinski definition) is 3. The Bertz CT molecular complexity index is 284. The Labute approximate surface area is 79.7 Å². The van der Waals surface area contributed by atoms with E-state index in [9.17, 15) is 4.79 Å². The van der Waals surface area contributed by atoms with E-state index >= 15 is 0 Å². The normalized spacial score (nSPS) is 43.2. The molecule has 0 radical (unpaired) electrons. The number of thioether (sulfide) groups is 1. The molecule has 2 atom stereocenters. The largest absolute Gasteiger partial charge is 0.335 e. The number of rotatable bonds is 1. The third-order valence-corrected chi connectivity index (χ3v) is 3.85. The summed E-state index contributed by atoms with van der Waals surface area (Å²) >= 11 is 1.60. The lowest BCUT2D eigenvalue weighted by Gasteiger charge is -2.33. The van der Waals surface area contributed by atoms with Gasteiger partial charge >= 0.3 is 6.03 Å². The predicted molar refractivity (Wildman–Crippen MR) is 51.1 cm³/mol. The number of nitrogens with zero attached hydrogens (tertiary/aromatic N) is 2. The summed E-state index contributed by atoms with van der Waals surface area (Å²) in [5.74, 6) is 6.74. The molecule has 5 N–H and O–H groups in total. The van der Waals surface area contributed by atoms with Gasteiger partial charge in [-0.3, -0.25) is 4.99 Å². The third-order valence-electron chi connectivity index (χ3n) is 2.58. The molecule has 2 aliphatic rings. The number of hydrogen-bond acceptors (Lipinski definition) is 5. The van der Waals surface area contributed by atoms with Crippen LogP contribution in [0.15, 0.2) is 4.99 Å². The fraction of sp³-hybridized carbons (Fsp3) is 0.667. The van der Waals surface area contributed by atoms with Gasteiger partial charge in [-0.25, -0.2) is 15.6 Å². The summed E-state index contributed by atoms with van der Waals surface area (Å²) in [5, 5.41) is 3.67. The standard InChI is InChI=1S/C6H11N5OS/c1-9-6-3-13-2-5(6,7)11(8)4(12)10-6/h1-3,7-8H2,(H,10,12)/t5-,6+/m1/s1. The smallest absolute Gasteiger partial charge is 0.308 e. The minimum atomic E-state index is -0.934. The van der Waals surface area contributed by atoms with Crippen LogP contribution < -0.4 is 16.9 Å². The van der Waals surface area contributed by atoms with Gasteiger partial charge in [-0.15, -0.1) is 0 Å². The Kier molecular flexibility index (Phi) is 1.60. The molecule has 0 aliphatic carbocycles. The molecule has 0 aromatic rings. The zero-order valence-electron chi connectivity index (χ0n) is 6.99. The molecule has 2 fully saturated rings. The van der Waals surface area contributed by atoms with Gasteiger partial charge in [0.2, 0.25) is 0 Å². The van der Waals surface area contributed by atoms with Gasteiger partial charge in [-0.1, -0.05) is 0 Å². The number of carbonyl (C=O) groups is 1. The molecule has 0 saturated carbocycles. The second kappa shape index (κ2) is 2.37. The Balaban J connectivity index is 2.47. The number of fused-ring (bicyclic) bond motifs is 1. The molecule has 2 rings (SSSR count). The molecule has 2 amide bonds. The van der Waals surface area contributed by atoms with Gasteiger partial charge in [-0.05, 0) is 6.72 Å². The average Bonchev–Trinajstić information content (AvgIpc) is 2.51. The van der Waals surface area contributed by atoms with Gasteiger partial charge < -0.3 is 11.1 Å². The molecule has 7 heteroatoms. The van der Waals surface area contributed by atoms with E-state index in [4.69, 9.17) is 11.6 Å². The number of carbonyl (C=O) groups excluding carboxylic acids is 1. The number of hydrazine groups is 1. The monoisotopic (exact) mass is 201 g/mol. The Morgan fingerprint density at radius 3 is 2.92 bits per heavy atom. The molecule has 0 unspecified atom stereocenters. The Morgan fingerprint density at radius 2 is 2.38 bits per heavy atom. The highest BCUT2D eigenvalue weighted by Crippen LogP contribution is 2.41. The van der Waals surface area contributed by atoms with Crippen molar-refractivity contribution in [1.29, 1.82) is 0 Å². The number of nitrogens with one attached hydrogen (secondary N) is 1. The van der Waals surface area contributed by atoms with Crippen molar-refractivity contribution in [1.82, 2.24) is 10.3 Å². The third kappa shape index (κ3) is 0.812. The summed E-state index contributed by atoms with van der Waals surface area (Å²) in [5.41, 5.74) is 4.26. The highest BCUT2D eigenvalue weighted by atomic mass is 32.2. The highest BCUT2D eigenvalue weighted by molar-refractivity contribution is 7.99. The molecule has 2 aliphatic heterocycles. The maximum absolute atomic E-state index is 11.3. The van der Waals surface area contributed by atoms with Crippen LogP contribution in [-0.4, -0.2) is 40.6 Å². The number of urea groups is 1. The molecule has 0 aromatic heterocycles. The summed E-state index contributed by atoms with van der Waals surface area (Å²) in [6.07, 6.45) is 0. The van der Waals surface area contributed by atoms with Crippen molar-refractivity contribution in [2.24, 2.45) is 16.6 Å². The van der Waals surface area contributed by atoms with Crippen LogP contribution in [0.25, 0.3) is 0 Å². The van der Waals surface area contributed by atoms with Gasteiger partial charge in [0, 0.05) is 11.5 Å². The summed E-state index contributed by atoms with van der Waals surface area (Å²) in [4.78, 5) is 15.2. The number of amides is 2. The molecule has 0 aromatic carbocycles. The molecule has 72 valence electrons. The van der Waals surface area contributed by atoms with Crippen molar-refractivity contribution in [3.8, 4) is 0 Å². The molecule has 6 nitrogen and oxygen atoms in total. The molecule has 0 bridgehead atoms. The van der Waals surface area contributed by atoms with Crippen LogP contribution in [-0.2, 0) is 0 Å². The average molecular weight is 201 g/mol. The zero-order chi connectivity index (χ0) is 9.69. The van der Waals surface area contributed by atoms with Crippen LogP contribution in [0.3, 0.4) is 0 Å². The number of nitrogens with two attached hydrogens (primary N) is 2. The van der Waals surface area contributed by atoms with Crippen molar-refractivity contribution in [3.63, 3.8) is 0 Å². The summed E-state index contributed by atoms with van der Waals surface area (Å²) in [6.45, 7) is 3.45. The first-order chi connectivity index (χ1) is 6.06. The molecule has 13 heavy (non-hydrogen) atoms. The summed E-state index contributed by atoms with van der Waals surface area (Å²) in [6, 6.07) is -0.393. The Hall–Kier alpha value is -0.790. The lowest BCUT2D eigenvalue weighted by atomic mass is 10.00. The van der Waals surface area contributed by atoms with E-state index in [1.165, 1.54) is 0 Å². The minimum absolute atomic E-state index is 0.393. The van der Waals surface area contributed by atoms with Gasteiger partial charge in [-0.2, -0.15) is 11.8 Å². The van der Waals surface area contributed by atoms with Crippen molar-refractivity contribution in [2.45, 2.75) is 11.3 Å². The fourth-order valence-corrected chi connectivity index (χ4v) is 3.15. The summed E-state index contributed by atoms with van der Waals surface area (Å²) < 4.78 is 0. The summed E-state index contributed by atoms with van der Waals surface area (Å²) in [7, 11) is 0. The van der Waals surface area contributed by atoms with Crippen LogP contribution in [0, 0.1) is 0 Å². The molecule has 2 saturated heterocycles. The molecule has 2 heterocycles. The molecule has 0 spiro atoms. The van der Waals surface area contributed by atoms with Crippen molar-refractivity contribution < 1.29 is 4.79 Å². The van der Waals surface area contributed by atoms with Crippen molar-refractivity contribution >= 4 is 24.5 Å². The first-order valence-electron chi connectivity index (χ1n) is 3.77. The maximum atomic E-state index is 11.3. The first kappa shape index (κ1) is 8.79. The Morgan fingerprint density at radius 1 is 1.69 bits per heavy atom.